The van der Waals surface area contributed by atoms with Gasteiger partial charge < -0.3 is 4.43 Å². The quantitative estimate of drug-likeness (QED) is 0.602. The van der Waals surface area contributed by atoms with Crippen LogP contribution in [0.2, 0.25) is 18.1 Å². The van der Waals surface area contributed by atoms with Crippen LogP contribution in [0.3, 0.4) is 0 Å². The average Bonchev–Trinajstić information content (AvgIpc) is 2.35. The molecule has 0 saturated carbocycles. The SMILES string of the molecule is CC(C)(C)[Si](C)(C)OCC(Cc1ccccc1)CC(F)F. The van der Waals surface area contributed by atoms with Gasteiger partial charge in [-0.05, 0) is 36.0 Å². The minimum Gasteiger partial charge on any atom is -0.417 e. The van der Waals surface area contributed by atoms with E-state index in [4.69, 9.17) is 4.43 Å². The third-order valence-electron chi connectivity index (χ3n) is 4.36. The molecule has 1 nitrogen and oxygen atoms in total. The van der Waals surface area contributed by atoms with Crippen LogP contribution in [0.25, 0.3) is 0 Å². The van der Waals surface area contributed by atoms with Crippen LogP contribution < -0.4 is 0 Å². The molecule has 1 aromatic carbocycles. The lowest BCUT2D eigenvalue weighted by molar-refractivity contribution is 0.0945. The summed E-state index contributed by atoms with van der Waals surface area (Å²) in [5.74, 6) is -0.124. The fourth-order valence-electron chi connectivity index (χ4n) is 1.95. The van der Waals surface area contributed by atoms with Crippen molar-refractivity contribution in [3.63, 3.8) is 0 Å². The highest BCUT2D eigenvalue weighted by atomic mass is 28.4. The molecule has 1 rings (SSSR count). The molecule has 0 amide bonds. The molecular weight excluding hydrogens is 286 g/mol. The molecule has 0 radical (unpaired) electrons. The maximum Gasteiger partial charge on any atom is 0.239 e. The third kappa shape index (κ3) is 6.26. The summed E-state index contributed by atoms with van der Waals surface area (Å²) in [4.78, 5) is 0. The van der Waals surface area contributed by atoms with Gasteiger partial charge >= 0.3 is 0 Å². The molecule has 120 valence electrons. The molecule has 1 atom stereocenters. The first-order valence-electron chi connectivity index (χ1n) is 7.58. The first-order valence-corrected chi connectivity index (χ1v) is 10.5. The van der Waals surface area contributed by atoms with E-state index in [0.717, 1.165) is 5.56 Å². The molecule has 0 aliphatic rings. The fraction of sp³-hybridized carbons (Fsp3) is 0.647. The molecule has 0 bridgehead atoms. The second-order valence-corrected chi connectivity index (χ2v) is 12.1. The van der Waals surface area contributed by atoms with Crippen molar-refractivity contribution in [2.75, 3.05) is 6.61 Å². The Morgan fingerprint density at radius 1 is 1.10 bits per heavy atom. The van der Waals surface area contributed by atoms with Crippen LogP contribution in [0.15, 0.2) is 30.3 Å². The number of benzene rings is 1. The van der Waals surface area contributed by atoms with E-state index >= 15 is 0 Å². The van der Waals surface area contributed by atoms with E-state index in [9.17, 15) is 8.78 Å². The van der Waals surface area contributed by atoms with Gasteiger partial charge in [0.2, 0.25) is 6.43 Å². The summed E-state index contributed by atoms with van der Waals surface area (Å²) in [6.45, 7) is 11.2. The van der Waals surface area contributed by atoms with E-state index in [2.05, 4.69) is 33.9 Å². The Bertz CT molecular complexity index is 413. The van der Waals surface area contributed by atoms with Gasteiger partial charge in [0.1, 0.15) is 0 Å². The molecule has 0 saturated heterocycles. The maximum absolute atomic E-state index is 12.8. The lowest BCUT2D eigenvalue weighted by Crippen LogP contribution is -2.42. The van der Waals surface area contributed by atoms with Crippen molar-refractivity contribution in [3.05, 3.63) is 35.9 Å². The third-order valence-corrected chi connectivity index (χ3v) is 8.87. The normalized spacial score (nSPS) is 14.5. The molecule has 0 aliphatic heterocycles. The average molecular weight is 314 g/mol. The van der Waals surface area contributed by atoms with Gasteiger partial charge in [0.15, 0.2) is 8.32 Å². The molecule has 0 spiro atoms. The highest BCUT2D eigenvalue weighted by Gasteiger charge is 2.37. The van der Waals surface area contributed by atoms with Crippen LogP contribution in [-0.2, 0) is 10.8 Å². The van der Waals surface area contributed by atoms with Crippen LogP contribution in [-0.4, -0.2) is 21.3 Å². The zero-order valence-electron chi connectivity index (χ0n) is 13.8. The number of hydrogen-bond donors (Lipinski definition) is 0. The molecule has 0 heterocycles. The number of halogens is 2. The summed E-state index contributed by atoms with van der Waals surface area (Å²) in [6.07, 6.45) is -1.72. The smallest absolute Gasteiger partial charge is 0.239 e. The summed E-state index contributed by atoms with van der Waals surface area (Å²) < 4.78 is 31.7. The van der Waals surface area contributed by atoms with Crippen molar-refractivity contribution in [1.82, 2.24) is 0 Å². The van der Waals surface area contributed by atoms with E-state index in [0.29, 0.717) is 13.0 Å². The van der Waals surface area contributed by atoms with Crippen LogP contribution in [0, 0.1) is 5.92 Å². The van der Waals surface area contributed by atoms with Crippen LogP contribution >= 0.6 is 0 Å². The summed E-state index contributed by atoms with van der Waals surface area (Å²) >= 11 is 0. The van der Waals surface area contributed by atoms with E-state index in [1.165, 1.54) is 0 Å². The van der Waals surface area contributed by atoms with Crippen LogP contribution in [0.1, 0.15) is 32.8 Å². The van der Waals surface area contributed by atoms with Crippen molar-refractivity contribution in [2.24, 2.45) is 5.92 Å². The molecule has 0 fully saturated rings. The molecule has 0 aromatic heterocycles. The predicted molar refractivity (Wildman–Crippen MR) is 87.4 cm³/mol. The first-order chi connectivity index (χ1) is 9.62. The zero-order valence-corrected chi connectivity index (χ0v) is 14.8. The molecule has 0 N–H and O–H groups in total. The largest absolute Gasteiger partial charge is 0.417 e. The van der Waals surface area contributed by atoms with Crippen molar-refractivity contribution >= 4 is 8.32 Å². The van der Waals surface area contributed by atoms with Gasteiger partial charge in [0.05, 0.1) is 0 Å². The van der Waals surface area contributed by atoms with E-state index < -0.39 is 14.7 Å². The van der Waals surface area contributed by atoms with E-state index in [1.54, 1.807) is 0 Å². The predicted octanol–water partition coefficient (Wildman–Crippen LogP) is 5.52. The molecule has 21 heavy (non-hydrogen) atoms. The van der Waals surface area contributed by atoms with E-state index in [1.807, 2.05) is 30.3 Å². The molecule has 0 aliphatic carbocycles. The Balaban J connectivity index is 2.67. The van der Waals surface area contributed by atoms with Crippen molar-refractivity contribution in [3.8, 4) is 0 Å². The van der Waals surface area contributed by atoms with Gasteiger partial charge in [0, 0.05) is 13.0 Å². The highest BCUT2D eigenvalue weighted by Crippen LogP contribution is 2.37. The summed E-state index contributed by atoms with van der Waals surface area (Å²) in [5, 5.41) is 0.106. The summed E-state index contributed by atoms with van der Waals surface area (Å²) in [5.41, 5.74) is 1.10. The number of alkyl halides is 2. The Morgan fingerprint density at radius 2 is 1.67 bits per heavy atom. The Hall–Kier alpha value is -0.743. The topological polar surface area (TPSA) is 9.23 Å². The number of hydrogen-bond acceptors (Lipinski definition) is 1. The van der Waals surface area contributed by atoms with Crippen LogP contribution in [0.5, 0.6) is 0 Å². The minimum absolute atomic E-state index is 0.0937. The van der Waals surface area contributed by atoms with Gasteiger partial charge in [-0.3, -0.25) is 0 Å². The van der Waals surface area contributed by atoms with Gasteiger partial charge in [0.25, 0.3) is 0 Å². The van der Waals surface area contributed by atoms with Gasteiger partial charge in [-0.1, -0.05) is 51.1 Å². The standard InChI is InChI=1S/C17H28F2OSi/c1-17(2,3)21(4,5)20-13-15(12-16(18)19)11-14-9-7-6-8-10-14/h6-10,15-16H,11-13H2,1-5H3. The highest BCUT2D eigenvalue weighted by molar-refractivity contribution is 6.74. The molecule has 4 heteroatoms. The fourth-order valence-corrected chi connectivity index (χ4v) is 3.04. The monoisotopic (exact) mass is 314 g/mol. The van der Waals surface area contributed by atoms with Crippen molar-refractivity contribution in [1.29, 1.82) is 0 Å². The van der Waals surface area contributed by atoms with Gasteiger partial charge in [-0.15, -0.1) is 0 Å². The summed E-state index contributed by atoms with van der Waals surface area (Å²) in [6, 6.07) is 9.82. The molecule has 1 aromatic rings. The Kier molecular flexibility index (Phi) is 6.54. The Labute approximate surface area is 128 Å². The molecule has 1 unspecified atom stereocenters. The second kappa shape index (κ2) is 7.50. The Morgan fingerprint density at radius 3 is 2.14 bits per heavy atom. The number of rotatable bonds is 7. The van der Waals surface area contributed by atoms with Crippen molar-refractivity contribution in [2.45, 2.75) is 58.2 Å². The van der Waals surface area contributed by atoms with Crippen molar-refractivity contribution < 1.29 is 13.2 Å². The first kappa shape index (κ1) is 18.3. The lowest BCUT2D eigenvalue weighted by atomic mass is 9.97. The summed E-state index contributed by atoms with van der Waals surface area (Å²) in [7, 11) is -1.88. The van der Waals surface area contributed by atoms with Gasteiger partial charge in [-0.2, -0.15) is 0 Å². The van der Waals surface area contributed by atoms with E-state index in [-0.39, 0.29) is 17.4 Å². The minimum atomic E-state index is -2.28. The van der Waals surface area contributed by atoms with Crippen LogP contribution in [0.4, 0.5) is 8.78 Å². The van der Waals surface area contributed by atoms with Gasteiger partial charge in [-0.25, -0.2) is 8.78 Å². The molecular formula is C17H28F2OSi. The second-order valence-electron chi connectivity index (χ2n) is 7.25. The zero-order chi connectivity index (χ0) is 16.1. The lowest BCUT2D eigenvalue weighted by Gasteiger charge is -2.37. The maximum atomic E-state index is 12.8.